The maximum absolute atomic E-state index is 11.7. The predicted octanol–water partition coefficient (Wildman–Crippen LogP) is 1.96. The zero-order chi connectivity index (χ0) is 10.8. The zero-order valence-corrected chi connectivity index (χ0v) is 9.30. The summed E-state index contributed by atoms with van der Waals surface area (Å²) in [5, 5.41) is 0. The first-order chi connectivity index (χ1) is 6.51. The van der Waals surface area contributed by atoms with E-state index in [1.54, 1.807) is 7.05 Å². The molecule has 3 nitrogen and oxygen atoms in total. The van der Waals surface area contributed by atoms with Crippen LogP contribution in [0.15, 0.2) is 0 Å². The topological polar surface area (TPSA) is 37.4 Å². The van der Waals surface area contributed by atoms with E-state index in [4.69, 9.17) is 0 Å². The SMILES string of the molecule is CCCCCC1(C)CC(=O)N(C)C1=O. The minimum atomic E-state index is -0.416. The van der Waals surface area contributed by atoms with Crippen LogP contribution in [0, 0.1) is 5.41 Å². The number of unbranched alkanes of at least 4 members (excludes halogenated alkanes) is 2. The summed E-state index contributed by atoms with van der Waals surface area (Å²) in [4.78, 5) is 24.3. The third kappa shape index (κ3) is 1.97. The largest absolute Gasteiger partial charge is 0.285 e. The van der Waals surface area contributed by atoms with Crippen molar-refractivity contribution >= 4 is 11.8 Å². The molecule has 0 N–H and O–H groups in total. The molecule has 1 aliphatic rings. The van der Waals surface area contributed by atoms with Crippen molar-refractivity contribution < 1.29 is 9.59 Å². The van der Waals surface area contributed by atoms with Gasteiger partial charge in [0.25, 0.3) is 0 Å². The number of hydrogen-bond acceptors (Lipinski definition) is 2. The van der Waals surface area contributed by atoms with Crippen LogP contribution >= 0.6 is 0 Å². The van der Waals surface area contributed by atoms with Crippen LogP contribution in [0.3, 0.4) is 0 Å². The fourth-order valence-corrected chi connectivity index (χ4v) is 2.01. The molecule has 0 radical (unpaired) electrons. The molecule has 0 aliphatic carbocycles. The van der Waals surface area contributed by atoms with E-state index >= 15 is 0 Å². The number of rotatable bonds is 4. The Balaban J connectivity index is 2.57. The van der Waals surface area contributed by atoms with Crippen molar-refractivity contribution in [2.75, 3.05) is 7.05 Å². The molecule has 1 rings (SSSR count). The summed E-state index contributed by atoms with van der Waals surface area (Å²) in [5.41, 5.74) is -0.416. The van der Waals surface area contributed by atoms with E-state index in [-0.39, 0.29) is 11.8 Å². The number of carbonyl (C=O) groups excluding carboxylic acids is 2. The molecule has 0 spiro atoms. The zero-order valence-electron chi connectivity index (χ0n) is 9.30. The van der Waals surface area contributed by atoms with Gasteiger partial charge in [-0.2, -0.15) is 0 Å². The van der Waals surface area contributed by atoms with Crippen LogP contribution in [0.25, 0.3) is 0 Å². The van der Waals surface area contributed by atoms with Crippen LogP contribution in [-0.4, -0.2) is 23.8 Å². The van der Waals surface area contributed by atoms with Crippen molar-refractivity contribution in [2.24, 2.45) is 5.41 Å². The molecular formula is C11H19NO2. The smallest absolute Gasteiger partial charge is 0.235 e. The van der Waals surface area contributed by atoms with Crippen molar-refractivity contribution in [1.82, 2.24) is 4.90 Å². The van der Waals surface area contributed by atoms with Gasteiger partial charge < -0.3 is 0 Å². The third-order valence-electron chi connectivity index (χ3n) is 3.07. The first kappa shape index (κ1) is 11.2. The third-order valence-corrected chi connectivity index (χ3v) is 3.07. The van der Waals surface area contributed by atoms with Gasteiger partial charge in [0.1, 0.15) is 0 Å². The highest BCUT2D eigenvalue weighted by Crippen LogP contribution is 2.36. The second-order valence-corrected chi connectivity index (χ2v) is 4.45. The van der Waals surface area contributed by atoms with Gasteiger partial charge in [0, 0.05) is 13.5 Å². The Bertz CT molecular complexity index is 250. The van der Waals surface area contributed by atoms with Gasteiger partial charge in [0.05, 0.1) is 5.41 Å². The van der Waals surface area contributed by atoms with E-state index in [0.717, 1.165) is 25.7 Å². The molecule has 1 aliphatic heterocycles. The Hall–Kier alpha value is -0.860. The van der Waals surface area contributed by atoms with Gasteiger partial charge >= 0.3 is 0 Å². The average Bonchev–Trinajstić information content (AvgIpc) is 2.32. The number of likely N-dealkylation sites (tertiary alicyclic amines) is 1. The first-order valence-corrected chi connectivity index (χ1v) is 5.32. The summed E-state index contributed by atoms with van der Waals surface area (Å²) in [6.45, 7) is 4.04. The summed E-state index contributed by atoms with van der Waals surface area (Å²) in [6, 6.07) is 0. The minimum Gasteiger partial charge on any atom is -0.285 e. The van der Waals surface area contributed by atoms with E-state index < -0.39 is 5.41 Å². The van der Waals surface area contributed by atoms with Gasteiger partial charge in [-0.1, -0.05) is 33.1 Å². The molecule has 0 aromatic carbocycles. The van der Waals surface area contributed by atoms with Crippen LogP contribution in [0.2, 0.25) is 0 Å². The molecule has 0 bridgehead atoms. The van der Waals surface area contributed by atoms with E-state index in [0.29, 0.717) is 6.42 Å². The Labute approximate surface area is 85.5 Å². The van der Waals surface area contributed by atoms with Gasteiger partial charge in [0.2, 0.25) is 11.8 Å². The average molecular weight is 197 g/mol. The maximum Gasteiger partial charge on any atom is 0.235 e. The summed E-state index contributed by atoms with van der Waals surface area (Å²) in [5.74, 6) is -0.0346. The number of carbonyl (C=O) groups is 2. The minimum absolute atomic E-state index is 0.00129. The van der Waals surface area contributed by atoms with E-state index in [1.165, 1.54) is 4.90 Å². The monoisotopic (exact) mass is 197 g/mol. The summed E-state index contributed by atoms with van der Waals surface area (Å²) in [6.07, 6.45) is 4.57. The molecule has 1 saturated heterocycles. The van der Waals surface area contributed by atoms with Gasteiger partial charge in [-0.25, -0.2) is 0 Å². The number of hydrogen-bond donors (Lipinski definition) is 0. The van der Waals surface area contributed by atoms with Crippen LogP contribution in [0.5, 0.6) is 0 Å². The lowest BCUT2D eigenvalue weighted by atomic mass is 9.83. The fourth-order valence-electron chi connectivity index (χ4n) is 2.01. The summed E-state index contributed by atoms with van der Waals surface area (Å²) in [7, 11) is 1.58. The molecule has 14 heavy (non-hydrogen) atoms. The van der Waals surface area contributed by atoms with Crippen LogP contribution in [-0.2, 0) is 9.59 Å². The van der Waals surface area contributed by atoms with Crippen molar-refractivity contribution in [3.05, 3.63) is 0 Å². The maximum atomic E-state index is 11.7. The molecule has 0 aromatic heterocycles. The van der Waals surface area contributed by atoms with Gasteiger partial charge in [-0.05, 0) is 6.42 Å². The fraction of sp³-hybridized carbons (Fsp3) is 0.818. The van der Waals surface area contributed by atoms with E-state index in [2.05, 4.69) is 6.92 Å². The lowest BCUT2D eigenvalue weighted by Gasteiger charge is -2.20. The second kappa shape index (κ2) is 4.11. The van der Waals surface area contributed by atoms with Crippen molar-refractivity contribution in [3.8, 4) is 0 Å². The molecule has 3 heteroatoms. The predicted molar refractivity (Wildman–Crippen MR) is 54.6 cm³/mol. The van der Waals surface area contributed by atoms with Crippen molar-refractivity contribution in [3.63, 3.8) is 0 Å². The molecule has 0 saturated carbocycles. The Morgan fingerprint density at radius 3 is 2.43 bits per heavy atom. The molecule has 0 aromatic rings. The molecule has 1 fully saturated rings. The quantitative estimate of drug-likeness (QED) is 0.510. The number of nitrogens with zero attached hydrogens (tertiary/aromatic N) is 1. The molecule has 80 valence electrons. The molecule has 1 heterocycles. The van der Waals surface area contributed by atoms with E-state index in [1.807, 2.05) is 6.92 Å². The van der Waals surface area contributed by atoms with Gasteiger partial charge in [-0.15, -0.1) is 0 Å². The summed E-state index contributed by atoms with van der Waals surface area (Å²) >= 11 is 0. The normalized spacial score (nSPS) is 27.5. The second-order valence-electron chi connectivity index (χ2n) is 4.45. The van der Waals surface area contributed by atoms with Crippen LogP contribution in [0.4, 0.5) is 0 Å². The molecule has 1 unspecified atom stereocenters. The Kier molecular flexibility index (Phi) is 3.29. The number of imide groups is 1. The lowest BCUT2D eigenvalue weighted by molar-refractivity contribution is -0.139. The van der Waals surface area contributed by atoms with Gasteiger partial charge in [-0.3, -0.25) is 14.5 Å². The molecule has 2 amide bonds. The van der Waals surface area contributed by atoms with Crippen molar-refractivity contribution in [1.29, 1.82) is 0 Å². The first-order valence-electron chi connectivity index (χ1n) is 5.32. The van der Waals surface area contributed by atoms with Crippen LogP contribution < -0.4 is 0 Å². The van der Waals surface area contributed by atoms with Crippen LogP contribution in [0.1, 0.15) is 46.0 Å². The standard InChI is InChI=1S/C11H19NO2/c1-4-5-6-7-11(2)8-9(13)12(3)10(11)14/h4-8H2,1-3H3. The summed E-state index contributed by atoms with van der Waals surface area (Å²) < 4.78 is 0. The Morgan fingerprint density at radius 1 is 1.36 bits per heavy atom. The van der Waals surface area contributed by atoms with E-state index in [9.17, 15) is 9.59 Å². The number of amides is 2. The Morgan fingerprint density at radius 2 is 2.00 bits per heavy atom. The molecule has 1 atom stereocenters. The lowest BCUT2D eigenvalue weighted by Crippen LogP contribution is -2.30. The highest BCUT2D eigenvalue weighted by atomic mass is 16.2. The van der Waals surface area contributed by atoms with Gasteiger partial charge in [0.15, 0.2) is 0 Å². The highest BCUT2D eigenvalue weighted by Gasteiger charge is 2.45. The highest BCUT2D eigenvalue weighted by molar-refractivity contribution is 6.05. The van der Waals surface area contributed by atoms with Crippen molar-refractivity contribution in [2.45, 2.75) is 46.0 Å². The molecular weight excluding hydrogens is 178 g/mol.